The van der Waals surface area contributed by atoms with Crippen molar-refractivity contribution in [3.63, 3.8) is 0 Å². The van der Waals surface area contributed by atoms with Gasteiger partial charge in [0.05, 0.1) is 13.0 Å². The van der Waals surface area contributed by atoms with Crippen LogP contribution in [0, 0.1) is 0 Å². The fourth-order valence-electron chi connectivity index (χ4n) is 2.37. The molecule has 0 unspecified atom stereocenters. The van der Waals surface area contributed by atoms with E-state index in [0.717, 1.165) is 31.7 Å². The lowest BCUT2D eigenvalue weighted by atomic mass is 10.2. The first-order chi connectivity index (χ1) is 10.2. The fraction of sp³-hybridized carbons (Fsp3) is 0.500. The van der Waals surface area contributed by atoms with E-state index in [9.17, 15) is 9.59 Å². The van der Waals surface area contributed by atoms with Gasteiger partial charge in [-0.25, -0.2) is 0 Å². The molecule has 114 valence electrons. The van der Waals surface area contributed by atoms with Crippen LogP contribution >= 0.6 is 0 Å². The molecule has 0 aromatic heterocycles. The molecule has 1 aliphatic rings. The van der Waals surface area contributed by atoms with Gasteiger partial charge in [-0.05, 0) is 31.9 Å². The van der Waals surface area contributed by atoms with Crippen LogP contribution in [0.1, 0.15) is 26.2 Å². The summed E-state index contributed by atoms with van der Waals surface area (Å²) in [6, 6.07) is 8.89. The molecule has 2 amide bonds. The molecule has 0 saturated carbocycles. The molecule has 1 aromatic rings. The van der Waals surface area contributed by atoms with Crippen LogP contribution in [0.4, 0.5) is 0 Å². The largest absolute Gasteiger partial charge is 0.493 e. The Morgan fingerprint density at radius 2 is 1.90 bits per heavy atom. The van der Waals surface area contributed by atoms with Gasteiger partial charge in [0, 0.05) is 13.1 Å². The Balaban J connectivity index is 1.67. The zero-order valence-corrected chi connectivity index (χ0v) is 12.4. The summed E-state index contributed by atoms with van der Waals surface area (Å²) < 4.78 is 5.46. The fourth-order valence-corrected chi connectivity index (χ4v) is 2.37. The van der Waals surface area contributed by atoms with Crippen LogP contribution in [0.25, 0.3) is 0 Å². The molecule has 1 atom stereocenters. The highest BCUT2D eigenvalue weighted by molar-refractivity contribution is 5.87. The highest BCUT2D eigenvalue weighted by Crippen LogP contribution is 2.10. The molecule has 0 radical (unpaired) electrons. The van der Waals surface area contributed by atoms with E-state index in [1.807, 2.05) is 35.2 Å². The molecule has 5 nitrogen and oxygen atoms in total. The van der Waals surface area contributed by atoms with E-state index in [1.54, 1.807) is 6.92 Å². The molecule has 1 saturated heterocycles. The van der Waals surface area contributed by atoms with Gasteiger partial charge in [-0.15, -0.1) is 0 Å². The second kappa shape index (κ2) is 7.67. The predicted molar refractivity (Wildman–Crippen MR) is 80.0 cm³/mol. The van der Waals surface area contributed by atoms with Gasteiger partial charge >= 0.3 is 0 Å². The van der Waals surface area contributed by atoms with Crippen molar-refractivity contribution in [2.24, 2.45) is 0 Å². The summed E-state index contributed by atoms with van der Waals surface area (Å²) in [5.74, 6) is 0.585. The Kier molecular flexibility index (Phi) is 5.60. The van der Waals surface area contributed by atoms with E-state index in [-0.39, 0.29) is 18.2 Å². The van der Waals surface area contributed by atoms with E-state index >= 15 is 0 Å². The normalized spacial score (nSPS) is 15.6. The van der Waals surface area contributed by atoms with Crippen LogP contribution in [-0.2, 0) is 9.59 Å². The summed E-state index contributed by atoms with van der Waals surface area (Å²) in [6.45, 7) is 3.64. The Bertz CT molecular complexity index is 470. The molecule has 2 rings (SSSR count). The minimum absolute atomic E-state index is 0.00447. The molecule has 1 aliphatic heterocycles. The summed E-state index contributed by atoms with van der Waals surface area (Å²) in [4.78, 5) is 25.7. The first-order valence-corrected chi connectivity index (χ1v) is 7.43. The molecular formula is C16H22N2O3. The molecule has 1 heterocycles. The van der Waals surface area contributed by atoms with Gasteiger partial charge in [-0.1, -0.05) is 18.2 Å². The Labute approximate surface area is 125 Å². The maximum absolute atomic E-state index is 12.1. The van der Waals surface area contributed by atoms with Crippen molar-refractivity contribution in [1.29, 1.82) is 0 Å². The third-order valence-electron chi connectivity index (χ3n) is 3.51. The second-order valence-electron chi connectivity index (χ2n) is 5.23. The minimum Gasteiger partial charge on any atom is -0.493 e. The Morgan fingerprint density at radius 3 is 2.57 bits per heavy atom. The SMILES string of the molecule is C[C@H](NC(=O)CCOc1ccccc1)C(=O)N1CCCC1. The zero-order valence-electron chi connectivity index (χ0n) is 12.4. The molecular weight excluding hydrogens is 268 g/mol. The lowest BCUT2D eigenvalue weighted by Gasteiger charge is -2.21. The highest BCUT2D eigenvalue weighted by atomic mass is 16.5. The smallest absolute Gasteiger partial charge is 0.244 e. The average Bonchev–Trinajstić information content (AvgIpc) is 3.01. The molecule has 0 spiro atoms. The van der Waals surface area contributed by atoms with Crippen molar-refractivity contribution in [2.45, 2.75) is 32.2 Å². The molecule has 1 aromatic carbocycles. The number of ether oxygens (including phenoxy) is 1. The van der Waals surface area contributed by atoms with Crippen LogP contribution in [0.2, 0.25) is 0 Å². The van der Waals surface area contributed by atoms with Gasteiger partial charge < -0.3 is 15.0 Å². The lowest BCUT2D eigenvalue weighted by molar-refractivity contribution is -0.135. The molecule has 1 N–H and O–H groups in total. The number of carbonyl (C=O) groups is 2. The third kappa shape index (κ3) is 4.77. The number of nitrogens with zero attached hydrogens (tertiary/aromatic N) is 1. The van der Waals surface area contributed by atoms with Crippen LogP contribution < -0.4 is 10.1 Å². The average molecular weight is 290 g/mol. The zero-order chi connectivity index (χ0) is 15.1. The van der Waals surface area contributed by atoms with Crippen LogP contribution in [0.3, 0.4) is 0 Å². The van der Waals surface area contributed by atoms with Gasteiger partial charge in [0.15, 0.2) is 0 Å². The predicted octanol–water partition coefficient (Wildman–Crippen LogP) is 1.58. The van der Waals surface area contributed by atoms with Crippen molar-refractivity contribution in [1.82, 2.24) is 10.2 Å². The summed E-state index contributed by atoms with van der Waals surface area (Å²) in [5, 5.41) is 2.73. The van der Waals surface area contributed by atoms with Gasteiger partial charge in [-0.3, -0.25) is 9.59 Å². The van der Waals surface area contributed by atoms with E-state index < -0.39 is 6.04 Å². The quantitative estimate of drug-likeness (QED) is 0.865. The number of hydrogen-bond acceptors (Lipinski definition) is 3. The van der Waals surface area contributed by atoms with Gasteiger partial charge in [0.25, 0.3) is 0 Å². The van der Waals surface area contributed by atoms with Gasteiger partial charge in [-0.2, -0.15) is 0 Å². The number of benzene rings is 1. The first-order valence-electron chi connectivity index (χ1n) is 7.43. The maximum Gasteiger partial charge on any atom is 0.244 e. The Morgan fingerprint density at radius 1 is 1.24 bits per heavy atom. The summed E-state index contributed by atoms with van der Waals surface area (Å²) >= 11 is 0. The van der Waals surface area contributed by atoms with E-state index in [2.05, 4.69) is 5.32 Å². The maximum atomic E-state index is 12.1. The molecule has 0 bridgehead atoms. The first kappa shape index (κ1) is 15.4. The number of rotatable bonds is 6. The number of carbonyl (C=O) groups excluding carboxylic acids is 2. The molecule has 21 heavy (non-hydrogen) atoms. The van der Waals surface area contributed by atoms with Crippen molar-refractivity contribution in [3.8, 4) is 5.75 Å². The lowest BCUT2D eigenvalue weighted by Crippen LogP contribution is -2.46. The topological polar surface area (TPSA) is 58.6 Å². The number of nitrogens with one attached hydrogen (secondary N) is 1. The van der Waals surface area contributed by atoms with Crippen molar-refractivity contribution in [3.05, 3.63) is 30.3 Å². The number of amides is 2. The van der Waals surface area contributed by atoms with Crippen molar-refractivity contribution < 1.29 is 14.3 Å². The van der Waals surface area contributed by atoms with Crippen LogP contribution in [-0.4, -0.2) is 42.5 Å². The van der Waals surface area contributed by atoms with E-state index in [1.165, 1.54) is 0 Å². The highest BCUT2D eigenvalue weighted by Gasteiger charge is 2.24. The molecule has 5 heteroatoms. The summed E-state index contributed by atoms with van der Waals surface area (Å²) in [5.41, 5.74) is 0. The van der Waals surface area contributed by atoms with Crippen LogP contribution in [0.15, 0.2) is 30.3 Å². The number of para-hydroxylation sites is 1. The molecule has 1 fully saturated rings. The number of likely N-dealkylation sites (tertiary alicyclic amines) is 1. The van der Waals surface area contributed by atoms with Gasteiger partial charge in [0.1, 0.15) is 11.8 Å². The third-order valence-corrected chi connectivity index (χ3v) is 3.51. The van der Waals surface area contributed by atoms with E-state index in [4.69, 9.17) is 4.74 Å². The summed E-state index contributed by atoms with van der Waals surface area (Å²) in [6.07, 6.45) is 2.35. The molecule has 0 aliphatic carbocycles. The Hall–Kier alpha value is -2.04. The monoisotopic (exact) mass is 290 g/mol. The minimum atomic E-state index is -0.465. The second-order valence-corrected chi connectivity index (χ2v) is 5.23. The summed E-state index contributed by atoms with van der Waals surface area (Å²) in [7, 11) is 0. The van der Waals surface area contributed by atoms with Crippen molar-refractivity contribution >= 4 is 11.8 Å². The van der Waals surface area contributed by atoms with Gasteiger partial charge in [0.2, 0.25) is 11.8 Å². The van der Waals surface area contributed by atoms with Crippen LogP contribution in [0.5, 0.6) is 5.75 Å². The number of hydrogen-bond donors (Lipinski definition) is 1. The van der Waals surface area contributed by atoms with E-state index in [0.29, 0.717) is 6.61 Å². The standard InChI is InChI=1S/C16H22N2O3/c1-13(16(20)18-10-5-6-11-18)17-15(19)9-12-21-14-7-3-2-4-8-14/h2-4,7-8,13H,5-6,9-12H2,1H3,(H,17,19)/t13-/m0/s1. The van der Waals surface area contributed by atoms with Crippen molar-refractivity contribution in [2.75, 3.05) is 19.7 Å².